The number of hydrogen-bond acceptors (Lipinski definition) is 6. The molecule has 6 nitrogen and oxygen atoms in total. The van der Waals surface area contributed by atoms with Gasteiger partial charge in [0.1, 0.15) is 0 Å². The van der Waals surface area contributed by atoms with Crippen molar-refractivity contribution in [3.63, 3.8) is 0 Å². The fourth-order valence-corrected chi connectivity index (χ4v) is 3.71. The van der Waals surface area contributed by atoms with Gasteiger partial charge in [0.25, 0.3) is 5.91 Å². The van der Waals surface area contributed by atoms with Gasteiger partial charge in [-0.2, -0.15) is 0 Å². The molecule has 4 aromatic rings. The number of carbonyl (C=O) groups excluding carboxylic acids is 2. The van der Waals surface area contributed by atoms with Crippen molar-refractivity contribution in [1.29, 1.82) is 0 Å². The van der Waals surface area contributed by atoms with Crippen LogP contribution in [0.1, 0.15) is 10.4 Å². The molecule has 7 heteroatoms. The van der Waals surface area contributed by atoms with Crippen molar-refractivity contribution >= 4 is 44.2 Å². The molecular weight excluding hydrogens is 386 g/mol. The van der Waals surface area contributed by atoms with E-state index in [2.05, 4.69) is 10.3 Å². The number of hydrogen-bond donors (Lipinski definition) is 2. The van der Waals surface area contributed by atoms with E-state index in [1.165, 1.54) is 11.3 Å². The average molecular weight is 403 g/mol. The molecule has 1 amide bonds. The summed E-state index contributed by atoms with van der Waals surface area (Å²) in [7, 11) is 0. The van der Waals surface area contributed by atoms with E-state index in [9.17, 15) is 9.59 Å². The largest absolute Gasteiger partial charge is 0.452 e. The first-order valence-electron chi connectivity index (χ1n) is 8.87. The zero-order chi connectivity index (χ0) is 20.2. The first-order valence-corrected chi connectivity index (χ1v) is 9.69. The van der Waals surface area contributed by atoms with Crippen LogP contribution in [0.5, 0.6) is 0 Å². The highest BCUT2D eigenvalue weighted by molar-refractivity contribution is 7.22. The van der Waals surface area contributed by atoms with Gasteiger partial charge >= 0.3 is 5.97 Å². The SMILES string of the molecule is Nc1nc2ccc(C(=O)OCC(=O)Nc3ccccc3-c3ccccc3)cc2s1. The number of nitrogens with two attached hydrogens (primary N) is 1. The van der Waals surface area contributed by atoms with Crippen LogP contribution in [0.15, 0.2) is 72.8 Å². The summed E-state index contributed by atoms with van der Waals surface area (Å²) in [5.74, 6) is -0.991. The maximum Gasteiger partial charge on any atom is 0.338 e. The molecule has 1 aromatic heterocycles. The quantitative estimate of drug-likeness (QED) is 0.484. The average Bonchev–Trinajstić information content (AvgIpc) is 3.12. The fourth-order valence-electron chi connectivity index (χ4n) is 2.93. The van der Waals surface area contributed by atoms with Crippen LogP contribution in [0.2, 0.25) is 0 Å². The standard InChI is InChI=1S/C22H17N3O3S/c23-22-25-18-11-10-15(12-19(18)29-22)21(27)28-13-20(26)24-17-9-5-4-8-16(17)14-6-2-1-3-7-14/h1-12H,13H2,(H2,23,25)(H,24,26). The Bertz CT molecular complexity index is 1190. The predicted molar refractivity (Wildman–Crippen MR) is 115 cm³/mol. The van der Waals surface area contributed by atoms with Crippen molar-refractivity contribution in [3.8, 4) is 11.1 Å². The van der Waals surface area contributed by atoms with E-state index < -0.39 is 11.9 Å². The van der Waals surface area contributed by atoms with Gasteiger partial charge in [0, 0.05) is 11.3 Å². The van der Waals surface area contributed by atoms with E-state index in [-0.39, 0.29) is 6.61 Å². The molecule has 0 atom stereocenters. The fraction of sp³-hybridized carbons (Fsp3) is 0.0455. The second kappa shape index (κ2) is 8.12. The smallest absolute Gasteiger partial charge is 0.338 e. The third kappa shape index (κ3) is 4.25. The number of anilines is 2. The second-order valence-corrected chi connectivity index (χ2v) is 7.33. The molecule has 4 rings (SSSR count). The molecule has 0 unspecified atom stereocenters. The zero-order valence-corrected chi connectivity index (χ0v) is 16.1. The molecular formula is C22H17N3O3S. The molecule has 0 radical (unpaired) electrons. The van der Waals surface area contributed by atoms with Crippen molar-refractivity contribution in [2.45, 2.75) is 0 Å². The molecule has 0 bridgehead atoms. The van der Waals surface area contributed by atoms with Gasteiger partial charge in [-0.3, -0.25) is 4.79 Å². The van der Waals surface area contributed by atoms with Crippen LogP contribution in [0.25, 0.3) is 21.3 Å². The van der Waals surface area contributed by atoms with Crippen molar-refractivity contribution < 1.29 is 14.3 Å². The zero-order valence-electron chi connectivity index (χ0n) is 15.3. The number of thiazole rings is 1. The normalized spacial score (nSPS) is 10.6. The van der Waals surface area contributed by atoms with Gasteiger partial charge in [-0.1, -0.05) is 59.9 Å². The van der Waals surface area contributed by atoms with Gasteiger partial charge in [-0.05, 0) is 29.8 Å². The van der Waals surface area contributed by atoms with Crippen molar-refractivity contribution in [2.75, 3.05) is 17.7 Å². The number of aromatic nitrogens is 1. The molecule has 0 aliphatic carbocycles. The number of esters is 1. The Morgan fingerprint density at radius 2 is 1.76 bits per heavy atom. The number of para-hydroxylation sites is 1. The third-order valence-electron chi connectivity index (χ3n) is 4.26. The molecule has 3 N–H and O–H groups in total. The maximum absolute atomic E-state index is 12.3. The highest BCUT2D eigenvalue weighted by Gasteiger charge is 2.13. The summed E-state index contributed by atoms with van der Waals surface area (Å²) in [5.41, 5.74) is 9.28. The van der Waals surface area contributed by atoms with Crippen molar-refractivity contribution in [3.05, 3.63) is 78.4 Å². The summed E-state index contributed by atoms with van der Waals surface area (Å²) in [6.07, 6.45) is 0. The number of rotatable bonds is 5. The molecule has 29 heavy (non-hydrogen) atoms. The first kappa shape index (κ1) is 18.6. The summed E-state index contributed by atoms with van der Waals surface area (Å²) in [6, 6.07) is 22.2. The minimum Gasteiger partial charge on any atom is -0.452 e. The second-order valence-electron chi connectivity index (χ2n) is 6.27. The van der Waals surface area contributed by atoms with Crippen molar-refractivity contribution in [2.24, 2.45) is 0 Å². The topological polar surface area (TPSA) is 94.3 Å². The number of amides is 1. The Hall–Kier alpha value is -3.71. The Morgan fingerprint density at radius 3 is 2.59 bits per heavy atom. The molecule has 0 saturated carbocycles. The third-order valence-corrected chi connectivity index (χ3v) is 5.11. The number of nitrogens with zero attached hydrogens (tertiary/aromatic N) is 1. The lowest BCUT2D eigenvalue weighted by molar-refractivity contribution is -0.119. The summed E-state index contributed by atoms with van der Waals surface area (Å²) in [5, 5.41) is 3.24. The lowest BCUT2D eigenvalue weighted by atomic mass is 10.0. The lowest BCUT2D eigenvalue weighted by Gasteiger charge is -2.11. The summed E-state index contributed by atoms with van der Waals surface area (Å²) < 4.78 is 5.96. The van der Waals surface area contributed by atoms with Crippen LogP contribution in [0.3, 0.4) is 0 Å². The minimum atomic E-state index is -0.578. The number of nitrogens with one attached hydrogen (secondary N) is 1. The number of fused-ring (bicyclic) bond motifs is 1. The molecule has 0 aliphatic rings. The summed E-state index contributed by atoms with van der Waals surface area (Å²) in [4.78, 5) is 28.8. The van der Waals surface area contributed by atoms with Gasteiger partial charge in [0.05, 0.1) is 15.8 Å². The number of nitrogen functional groups attached to an aromatic ring is 1. The van der Waals surface area contributed by atoms with Crippen LogP contribution in [-0.2, 0) is 9.53 Å². The monoisotopic (exact) mass is 403 g/mol. The van der Waals surface area contributed by atoms with E-state index in [0.717, 1.165) is 21.3 Å². The van der Waals surface area contributed by atoms with E-state index in [1.54, 1.807) is 18.2 Å². The highest BCUT2D eigenvalue weighted by atomic mass is 32.1. The molecule has 0 aliphatic heterocycles. The summed E-state index contributed by atoms with van der Waals surface area (Å²) >= 11 is 1.29. The molecule has 0 saturated heterocycles. The Balaban J connectivity index is 1.42. The van der Waals surface area contributed by atoms with Crippen LogP contribution in [0.4, 0.5) is 10.8 Å². The predicted octanol–water partition coefficient (Wildman–Crippen LogP) is 4.34. The Labute approximate surface area is 171 Å². The molecule has 1 heterocycles. The van der Waals surface area contributed by atoms with Gasteiger partial charge in [-0.25, -0.2) is 9.78 Å². The maximum atomic E-state index is 12.3. The highest BCUT2D eigenvalue weighted by Crippen LogP contribution is 2.27. The molecule has 0 spiro atoms. The van der Waals surface area contributed by atoms with E-state index in [1.807, 2.05) is 54.6 Å². The Morgan fingerprint density at radius 1 is 1.00 bits per heavy atom. The number of carbonyl (C=O) groups is 2. The van der Waals surface area contributed by atoms with E-state index in [0.29, 0.717) is 16.4 Å². The van der Waals surface area contributed by atoms with E-state index >= 15 is 0 Å². The number of benzene rings is 3. The van der Waals surface area contributed by atoms with Gasteiger partial charge < -0.3 is 15.8 Å². The molecule has 0 fully saturated rings. The number of ether oxygens (including phenoxy) is 1. The molecule has 3 aromatic carbocycles. The minimum absolute atomic E-state index is 0.346. The van der Waals surface area contributed by atoms with Gasteiger partial charge in [-0.15, -0.1) is 0 Å². The van der Waals surface area contributed by atoms with Crippen LogP contribution < -0.4 is 11.1 Å². The molecule has 144 valence electrons. The van der Waals surface area contributed by atoms with Crippen LogP contribution in [-0.4, -0.2) is 23.5 Å². The first-order chi connectivity index (χ1) is 14.1. The van der Waals surface area contributed by atoms with E-state index in [4.69, 9.17) is 10.5 Å². The summed E-state index contributed by atoms with van der Waals surface area (Å²) in [6.45, 7) is -0.384. The van der Waals surface area contributed by atoms with Crippen LogP contribution in [0, 0.1) is 0 Å². The van der Waals surface area contributed by atoms with Gasteiger partial charge in [0.15, 0.2) is 11.7 Å². The van der Waals surface area contributed by atoms with Gasteiger partial charge in [0.2, 0.25) is 0 Å². The lowest BCUT2D eigenvalue weighted by Crippen LogP contribution is -2.21. The van der Waals surface area contributed by atoms with Crippen molar-refractivity contribution in [1.82, 2.24) is 4.98 Å². The van der Waals surface area contributed by atoms with Crippen LogP contribution >= 0.6 is 11.3 Å². The Kier molecular flexibility index (Phi) is 5.22.